The third-order valence-electron chi connectivity index (χ3n) is 2.60. The van der Waals surface area contributed by atoms with Crippen LogP contribution in [-0.2, 0) is 4.74 Å². The van der Waals surface area contributed by atoms with Crippen molar-refractivity contribution in [1.29, 1.82) is 0 Å². The van der Waals surface area contributed by atoms with E-state index in [1.807, 2.05) is 0 Å². The molecule has 0 atom stereocenters. The lowest BCUT2D eigenvalue weighted by Gasteiger charge is -2.13. The van der Waals surface area contributed by atoms with E-state index in [1.54, 1.807) is 30.3 Å². The van der Waals surface area contributed by atoms with Gasteiger partial charge in [0.2, 0.25) is 0 Å². The fourth-order valence-electron chi connectivity index (χ4n) is 1.70. The van der Waals surface area contributed by atoms with Crippen LogP contribution in [0.4, 0.5) is 21.5 Å². The van der Waals surface area contributed by atoms with Crippen molar-refractivity contribution in [2.24, 2.45) is 0 Å². The number of methoxy groups -OCH3 is 1. The van der Waals surface area contributed by atoms with Crippen LogP contribution in [0.1, 0.15) is 10.4 Å². The molecule has 0 aliphatic rings. The van der Waals surface area contributed by atoms with Crippen molar-refractivity contribution in [2.45, 2.75) is 0 Å². The minimum atomic E-state index is -0.508. The third-order valence-corrected chi connectivity index (χ3v) is 2.60. The van der Waals surface area contributed by atoms with Crippen molar-refractivity contribution in [1.82, 2.24) is 0 Å². The highest BCUT2D eigenvalue weighted by molar-refractivity contribution is 5.99. The Balaban J connectivity index is 2.41. The van der Waals surface area contributed by atoms with Gasteiger partial charge in [0.15, 0.2) is 0 Å². The van der Waals surface area contributed by atoms with Gasteiger partial charge in [-0.25, -0.2) is 9.18 Å². The van der Waals surface area contributed by atoms with Crippen LogP contribution in [0.5, 0.6) is 0 Å². The molecule has 0 fully saturated rings. The van der Waals surface area contributed by atoms with Crippen LogP contribution in [0, 0.1) is 5.82 Å². The molecular weight excluding hydrogens is 247 g/mol. The van der Waals surface area contributed by atoms with Crippen molar-refractivity contribution < 1.29 is 13.9 Å². The molecule has 0 saturated heterocycles. The van der Waals surface area contributed by atoms with Crippen molar-refractivity contribution in [3.63, 3.8) is 0 Å². The molecule has 0 unspecified atom stereocenters. The van der Waals surface area contributed by atoms with Gasteiger partial charge in [0, 0.05) is 5.69 Å². The maximum absolute atomic E-state index is 13.1. The van der Waals surface area contributed by atoms with Gasteiger partial charge in [-0.15, -0.1) is 0 Å². The molecule has 0 heterocycles. The van der Waals surface area contributed by atoms with Crippen LogP contribution in [0.15, 0.2) is 42.5 Å². The SMILES string of the molecule is COC(=O)c1cccc(N)c1Nc1cccc(F)c1. The monoisotopic (exact) mass is 260 g/mol. The second-order valence-corrected chi connectivity index (χ2v) is 3.90. The molecular formula is C14H13FN2O2. The van der Waals surface area contributed by atoms with E-state index in [2.05, 4.69) is 10.1 Å². The minimum Gasteiger partial charge on any atom is -0.465 e. The Kier molecular flexibility index (Phi) is 3.66. The molecule has 2 rings (SSSR count). The van der Waals surface area contributed by atoms with E-state index < -0.39 is 5.97 Å². The van der Waals surface area contributed by atoms with Crippen LogP contribution in [0.2, 0.25) is 0 Å². The highest BCUT2D eigenvalue weighted by Gasteiger charge is 2.14. The smallest absolute Gasteiger partial charge is 0.340 e. The average Bonchev–Trinajstić information content (AvgIpc) is 2.40. The molecule has 4 nitrogen and oxygen atoms in total. The molecule has 0 aliphatic carbocycles. The van der Waals surface area contributed by atoms with Gasteiger partial charge in [0.25, 0.3) is 0 Å². The van der Waals surface area contributed by atoms with E-state index in [1.165, 1.54) is 19.2 Å². The average molecular weight is 260 g/mol. The molecule has 5 heteroatoms. The lowest BCUT2D eigenvalue weighted by Crippen LogP contribution is -2.08. The summed E-state index contributed by atoms with van der Waals surface area (Å²) in [6.07, 6.45) is 0. The van der Waals surface area contributed by atoms with Crippen LogP contribution >= 0.6 is 0 Å². The maximum atomic E-state index is 13.1. The van der Waals surface area contributed by atoms with Gasteiger partial charge in [0.1, 0.15) is 5.82 Å². The predicted molar refractivity (Wildman–Crippen MR) is 71.9 cm³/mol. The van der Waals surface area contributed by atoms with Crippen molar-refractivity contribution in [2.75, 3.05) is 18.2 Å². The fraction of sp³-hybridized carbons (Fsp3) is 0.0714. The fourth-order valence-corrected chi connectivity index (χ4v) is 1.70. The molecule has 0 spiro atoms. The maximum Gasteiger partial charge on any atom is 0.340 e. The lowest BCUT2D eigenvalue weighted by molar-refractivity contribution is 0.0602. The normalized spacial score (nSPS) is 10.0. The van der Waals surface area contributed by atoms with E-state index in [-0.39, 0.29) is 5.82 Å². The number of nitrogens with one attached hydrogen (secondary N) is 1. The van der Waals surface area contributed by atoms with Gasteiger partial charge < -0.3 is 15.8 Å². The molecule has 0 aliphatic heterocycles. The summed E-state index contributed by atoms with van der Waals surface area (Å²) in [6, 6.07) is 10.8. The summed E-state index contributed by atoms with van der Waals surface area (Å²) in [5.41, 5.74) is 7.42. The van der Waals surface area contributed by atoms with Gasteiger partial charge in [0.05, 0.1) is 24.0 Å². The topological polar surface area (TPSA) is 64.3 Å². The number of para-hydroxylation sites is 1. The summed E-state index contributed by atoms with van der Waals surface area (Å²) in [5.74, 6) is -0.884. The number of nitrogen functional groups attached to an aromatic ring is 1. The number of halogens is 1. The largest absolute Gasteiger partial charge is 0.465 e. The van der Waals surface area contributed by atoms with Gasteiger partial charge in [-0.2, -0.15) is 0 Å². The molecule has 3 N–H and O–H groups in total. The van der Waals surface area contributed by atoms with Gasteiger partial charge in [-0.1, -0.05) is 12.1 Å². The summed E-state index contributed by atoms with van der Waals surface area (Å²) in [5, 5.41) is 2.93. The quantitative estimate of drug-likeness (QED) is 0.658. The highest BCUT2D eigenvalue weighted by atomic mass is 19.1. The number of anilines is 3. The van der Waals surface area contributed by atoms with E-state index >= 15 is 0 Å². The zero-order valence-electron chi connectivity index (χ0n) is 10.3. The molecule has 0 radical (unpaired) electrons. The second-order valence-electron chi connectivity index (χ2n) is 3.90. The van der Waals surface area contributed by atoms with E-state index in [0.717, 1.165) is 0 Å². The molecule has 2 aromatic carbocycles. The van der Waals surface area contributed by atoms with Crippen LogP contribution in [-0.4, -0.2) is 13.1 Å². The van der Waals surface area contributed by atoms with Gasteiger partial charge >= 0.3 is 5.97 Å². The number of esters is 1. The number of carbonyl (C=O) groups excluding carboxylic acids is 1. The summed E-state index contributed by atoms with van der Waals surface area (Å²) >= 11 is 0. The number of benzene rings is 2. The number of ether oxygens (including phenoxy) is 1. The van der Waals surface area contributed by atoms with E-state index in [0.29, 0.717) is 22.6 Å². The van der Waals surface area contributed by atoms with Crippen LogP contribution < -0.4 is 11.1 Å². The summed E-state index contributed by atoms with van der Waals surface area (Å²) in [4.78, 5) is 11.7. The van der Waals surface area contributed by atoms with Crippen LogP contribution in [0.25, 0.3) is 0 Å². The Labute approximate surface area is 110 Å². The molecule has 0 amide bonds. The van der Waals surface area contributed by atoms with Gasteiger partial charge in [-0.05, 0) is 30.3 Å². The Morgan fingerprint density at radius 3 is 2.68 bits per heavy atom. The lowest BCUT2D eigenvalue weighted by atomic mass is 10.1. The number of hydrogen-bond acceptors (Lipinski definition) is 4. The first-order chi connectivity index (χ1) is 9.11. The van der Waals surface area contributed by atoms with Crippen molar-refractivity contribution in [3.05, 3.63) is 53.8 Å². The predicted octanol–water partition coefficient (Wildman–Crippen LogP) is 2.94. The zero-order valence-corrected chi connectivity index (χ0v) is 10.3. The van der Waals surface area contributed by atoms with E-state index in [4.69, 9.17) is 5.73 Å². The number of carbonyl (C=O) groups is 1. The molecule has 19 heavy (non-hydrogen) atoms. The first-order valence-electron chi connectivity index (χ1n) is 5.61. The number of rotatable bonds is 3. The van der Waals surface area contributed by atoms with Crippen LogP contribution in [0.3, 0.4) is 0 Å². The Hall–Kier alpha value is -2.56. The zero-order chi connectivity index (χ0) is 13.8. The Bertz CT molecular complexity index is 614. The summed E-state index contributed by atoms with van der Waals surface area (Å²) < 4.78 is 17.8. The molecule has 2 aromatic rings. The summed E-state index contributed by atoms with van der Waals surface area (Å²) in [6.45, 7) is 0. The van der Waals surface area contributed by atoms with Gasteiger partial charge in [-0.3, -0.25) is 0 Å². The standard InChI is InChI=1S/C14H13FN2O2/c1-19-14(18)11-6-3-7-12(16)13(11)17-10-5-2-4-9(15)8-10/h2-8,17H,16H2,1H3. The first kappa shape index (κ1) is 12.9. The minimum absolute atomic E-state index is 0.298. The van der Waals surface area contributed by atoms with Crippen molar-refractivity contribution in [3.8, 4) is 0 Å². The van der Waals surface area contributed by atoms with E-state index in [9.17, 15) is 9.18 Å². The Morgan fingerprint density at radius 2 is 2.00 bits per heavy atom. The second kappa shape index (κ2) is 5.39. The molecule has 0 aromatic heterocycles. The number of nitrogens with two attached hydrogens (primary N) is 1. The molecule has 0 saturated carbocycles. The molecule has 98 valence electrons. The van der Waals surface area contributed by atoms with Crippen molar-refractivity contribution >= 4 is 23.0 Å². The molecule has 0 bridgehead atoms. The summed E-state index contributed by atoms with van der Waals surface area (Å²) in [7, 11) is 1.29. The third kappa shape index (κ3) is 2.82. The first-order valence-corrected chi connectivity index (χ1v) is 5.61. The number of hydrogen-bond donors (Lipinski definition) is 2. The highest BCUT2D eigenvalue weighted by Crippen LogP contribution is 2.28. The Morgan fingerprint density at radius 1 is 1.26 bits per heavy atom.